The number of hydrogen-bond acceptors (Lipinski definition) is 3. The van der Waals surface area contributed by atoms with E-state index in [4.69, 9.17) is 9.16 Å². The maximum absolute atomic E-state index is 11.6. The van der Waals surface area contributed by atoms with Crippen molar-refractivity contribution in [3.63, 3.8) is 0 Å². The molecule has 0 N–H and O–H groups in total. The van der Waals surface area contributed by atoms with Crippen LogP contribution in [0.25, 0.3) is 0 Å². The molecule has 4 heteroatoms. The van der Waals surface area contributed by atoms with Crippen molar-refractivity contribution in [2.75, 3.05) is 6.61 Å². The Hall–Kier alpha value is -0.353. The molecule has 0 aromatic carbocycles. The van der Waals surface area contributed by atoms with E-state index in [9.17, 15) is 4.79 Å². The summed E-state index contributed by atoms with van der Waals surface area (Å²) >= 11 is 0. The van der Waals surface area contributed by atoms with Gasteiger partial charge >= 0.3 is 5.97 Å². The van der Waals surface area contributed by atoms with Gasteiger partial charge in [-0.1, -0.05) is 6.92 Å². The third-order valence-electron chi connectivity index (χ3n) is 1.49. The number of esters is 1. The Labute approximate surface area is 87.9 Å². The monoisotopic (exact) mass is 218 g/mol. The zero-order valence-corrected chi connectivity index (χ0v) is 11.1. The maximum atomic E-state index is 11.6. The van der Waals surface area contributed by atoms with Crippen molar-refractivity contribution >= 4 is 14.3 Å². The largest absolute Gasteiger partial charge is 0.464 e. The molecule has 0 atom stereocenters. The van der Waals surface area contributed by atoms with Crippen LogP contribution < -0.4 is 0 Å². The number of ether oxygens (including phenoxy) is 1. The molecule has 0 heterocycles. The summed E-state index contributed by atoms with van der Waals surface area (Å²) in [6.07, 6.45) is 0.842. The minimum atomic E-state index is -1.70. The molecule has 0 aliphatic rings. The van der Waals surface area contributed by atoms with Gasteiger partial charge in [-0.05, 0) is 39.9 Å². The van der Waals surface area contributed by atoms with Crippen LogP contribution in [0.4, 0.5) is 0 Å². The molecule has 0 saturated carbocycles. The highest BCUT2D eigenvalue weighted by Gasteiger charge is 2.35. The van der Waals surface area contributed by atoms with E-state index < -0.39 is 13.9 Å². The van der Waals surface area contributed by atoms with Gasteiger partial charge in [-0.25, -0.2) is 4.79 Å². The van der Waals surface area contributed by atoms with E-state index in [0.29, 0.717) is 6.61 Å². The van der Waals surface area contributed by atoms with Crippen molar-refractivity contribution in [1.29, 1.82) is 0 Å². The smallest absolute Gasteiger partial charge is 0.336 e. The van der Waals surface area contributed by atoms with E-state index in [1.54, 1.807) is 13.8 Å². The van der Waals surface area contributed by atoms with E-state index in [1.165, 1.54) is 0 Å². The normalized spacial score (nSPS) is 12.7. The molecule has 0 aromatic heterocycles. The van der Waals surface area contributed by atoms with Gasteiger partial charge in [0.1, 0.15) is 5.60 Å². The fraction of sp³-hybridized carbons (Fsp3) is 0.900. The predicted octanol–water partition coefficient (Wildman–Crippen LogP) is 2.57. The molecule has 0 amide bonds. The van der Waals surface area contributed by atoms with Crippen LogP contribution in [0.3, 0.4) is 0 Å². The summed E-state index contributed by atoms with van der Waals surface area (Å²) in [6.45, 7) is 12.1. The molecule has 3 nitrogen and oxygen atoms in total. The van der Waals surface area contributed by atoms with Crippen molar-refractivity contribution in [2.24, 2.45) is 0 Å². The van der Waals surface area contributed by atoms with Crippen LogP contribution in [0.1, 0.15) is 27.2 Å². The maximum Gasteiger partial charge on any atom is 0.336 e. The molecule has 0 bridgehead atoms. The Morgan fingerprint density at radius 2 is 1.79 bits per heavy atom. The summed E-state index contributed by atoms with van der Waals surface area (Å²) in [5.74, 6) is -0.262. The Morgan fingerprint density at radius 3 is 2.14 bits per heavy atom. The molecule has 0 radical (unpaired) electrons. The summed E-state index contributed by atoms with van der Waals surface area (Å²) < 4.78 is 10.8. The minimum absolute atomic E-state index is 0.262. The number of rotatable bonds is 5. The molecule has 0 unspecified atom stereocenters. The van der Waals surface area contributed by atoms with Gasteiger partial charge in [0.05, 0.1) is 6.61 Å². The summed E-state index contributed by atoms with van der Waals surface area (Å²) in [7, 11) is -1.70. The molecular formula is C10H22O3Si. The van der Waals surface area contributed by atoms with Crippen LogP contribution in [-0.2, 0) is 14.0 Å². The molecule has 84 valence electrons. The highest BCUT2D eigenvalue weighted by Crippen LogP contribution is 2.18. The van der Waals surface area contributed by atoms with Gasteiger partial charge in [-0.3, -0.25) is 0 Å². The summed E-state index contributed by atoms with van der Waals surface area (Å²) in [4.78, 5) is 11.6. The lowest BCUT2D eigenvalue weighted by Gasteiger charge is -2.30. The zero-order chi connectivity index (χ0) is 11.4. The average Bonchev–Trinajstić information content (AvgIpc) is 1.95. The molecule has 0 spiro atoms. The molecule has 0 aliphatic heterocycles. The van der Waals surface area contributed by atoms with Crippen LogP contribution >= 0.6 is 0 Å². The van der Waals surface area contributed by atoms with Gasteiger partial charge in [0.25, 0.3) is 0 Å². The predicted molar refractivity (Wildman–Crippen MR) is 59.8 cm³/mol. The number of carbonyl (C=O) groups excluding carboxylic acids is 1. The van der Waals surface area contributed by atoms with Gasteiger partial charge in [0.2, 0.25) is 0 Å². The first-order chi connectivity index (χ1) is 6.19. The van der Waals surface area contributed by atoms with E-state index in [1.807, 2.05) is 6.92 Å². The Balaban J connectivity index is 4.23. The molecule has 0 aliphatic carbocycles. The Kier molecular flexibility index (Phi) is 4.81. The van der Waals surface area contributed by atoms with Crippen molar-refractivity contribution < 1.29 is 14.0 Å². The van der Waals surface area contributed by atoms with Crippen molar-refractivity contribution in [2.45, 2.75) is 52.4 Å². The molecule has 14 heavy (non-hydrogen) atoms. The minimum Gasteiger partial charge on any atom is -0.464 e. The van der Waals surface area contributed by atoms with Gasteiger partial charge in [0, 0.05) is 0 Å². The SMILES string of the molecule is CCCOC(=O)C(C)(C)O[Si](C)(C)C. The summed E-state index contributed by atoms with van der Waals surface area (Å²) in [5.41, 5.74) is -0.806. The quantitative estimate of drug-likeness (QED) is 0.525. The molecular weight excluding hydrogens is 196 g/mol. The fourth-order valence-corrected chi connectivity index (χ4v) is 2.79. The Morgan fingerprint density at radius 1 is 1.29 bits per heavy atom. The number of hydrogen-bond donors (Lipinski definition) is 0. The third kappa shape index (κ3) is 5.39. The number of carbonyl (C=O) groups is 1. The second-order valence-corrected chi connectivity index (χ2v) is 9.29. The van der Waals surface area contributed by atoms with Gasteiger partial charge in [0.15, 0.2) is 8.32 Å². The van der Waals surface area contributed by atoms with Crippen LogP contribution in [0.2, 0.25) is 19.6 Å². The van der Waals surface area contributed by atoms with Crippen molar-refractivity contribution in [3.05, 3.63) is 0 Å². The van der Waals surface area contributed by atoms with Crippen LogP contribution in [-0.4, -0.2) is 26.5 Å². The molecule has 0 rings (SSSR count). The first kappa shape index (κ1) is 13.6. The van der Waals surface area contributed by atoms with Crippen LogP contribution in [0.5, 0.6) is 0 Å². The van der Waals surface area contributed by atoms with Gasteiger partial charge in [-0.2, -0.15) is 0 Å². The average molecular weight is 218 g/mol. The first-order valence-corrected chi connectivity index (χ1v) is 8.47. The highest BCUT2D eigenvalue weighted by atomic mass is 28.4. The lowest BCUT2D eigenvalue weighted by atomic mass is 10.1. The lowest BCUT2D eigenvalue weighted by molar-refractivity contribution is -0.160. The van der Waals surface area contributed by atoms with Crippen molar-refractivity contribution in [3.8, 4) is 0 Å². The van der Waals surface area contributed by atoms with Crippen LogP contribution in [0.15, 0.2) is 0 Å². The van der Waals surface area contributed by atoms with Gasteiger partial charge < -0.3 is 9.16 Å². The molecule has 0 fully saturated rings. The van der Waals surface area contributed by atoms with E-state index in [-0.39, 0.29) is 5.97 Å². The summed E-state index contributed by atoms with van der Waals surface area (Å²) in [6, 6.07) is 0. The summed E-state index contributed by atoms with van der Waals surface area (Å²) in [5, 5.41) is 0. The second kappa shape index (κ2) is 4.93. The third-order valence-corrected chi connectivity index (χ3v) is 2.61. The van der Waals surface area contributed by atoms with E-state index in [2.05, 4.69) is 19.6 Å². The van der Waals surface area contributed by atoms with E-state index >= 15 is 0 Å². The molecule has 0 aromatic rings. The topological polar surface area (TPSA) is 35.5 Å². The van der Waals surface area contributed by atoms with Gasteiger partial charge in [-0.15, -0.1) is 0 Å². The first-order valence-electron chi connectivity index (χ1n) is 5.06. The standard InChI is InChI=1S/C10H22O3Si/c1-7-8-12-9(11)10(2,3)13-14(4,5)6/h7-8H2,1-6H3. The fourth-order valence-electron chi connectivity index (χ4n) is 1.18. The highest BCUT2D eigenvalue weighted by molar-refractivity contribution is 6.70. The van der Waals surface area contributed by atoms with Crippen molar-refractivity contribution in [1.82, 2.24) is 0 Å². The van der Waals surface area contributed by atoms with Crippen LogP contribution in [0, 0.1) is 0 Å². The second-order valence-electron chi connectivity index (χ2n) is 4.86. The lowest BCUT2D eigenvalue weighted by Crippen LogP contribution is -2.45. The Bertz CT molecular complexity index is 194. The molecule has 0 saturated heterocycles. The zero-order valence-electron chi connectivity index (χ0n) is 10.1. The van der Waals surface area contributed by atoms with E-state index in [0.717, 1.165) is 6.42 Å².